The van der Waals surface area contributed by atoms with Gasteiger partial charge in [0.2, 0.25) is 0 Å². The van der Waals surface area contributed by atoms with E-state index in [2.05, 4.69) is 32.6 Å². The van der Waals surface area contributed by atoms with E-state index in [0.717, 1.165) is 48.7 Å². The summed E-state index contributed by atoms with van der Waals surface area (Å²) in [6, 6.07) is 0. The van der Waals surface area contributed by atoms with Gasteiger partial charge >= 0.3 is 6.18 Å². The number of aliphatic imine (C=N–C) groups is 1. The van der Waals surface area contributed by atoms with E-state index >= 15 is 0 Å². The van der Waals surface area contributed by atoms with Gasteiger partial charge in [-0.1, -0.05) is 0 Å². The van der Waals surface area contributed by atoms with Crippen molar-refractivity contribution in [3.05, 3.63) is 16.1 Å². The molecule has 0 saturated carbocycles. The molecule has 25 heavy (non-hydrogen) atoms. The van der Waals surface area contributed by atoms with Crippen molar-refractivity contribution in [3.63, 3.8) is 0 Å². The summed E-state index contributed by atoms with van der Waals surface area (Å²) in [6.45, 7) is 5.90. The minimum atomic E-state index is -4.39. The Hall–Kier alpha value is -1.35. The molecule has 0 atom stereocenters. The second-order valence-corrected chi connectivity index (χ2v) is 7.22. The second kappa shape index (κ2) is 9.38. The van der Waals surface area contributed by atoms with Crippen molar-refractivity contribution < 1.29 is 13.2 Å². The van der Waals surface area contributed by atoms with Crippen LogP contribution in [0.4, 0.5) is 13.2 Å². The number of likely N-dealkylation sites (tertiary alicyclic amines) is 1. The lowest BCUT2D eigenvalue weighted by Crippen LogP contribution is -2.39. The largest absolute Gasteiger partial charge is 0.434 e. The molecule has 2 heterocycles. The first-order valence-electron chi connectivity index (χ1n) is 8.60. The smallest absolute Gasteiger partial charge is 0.357 e. The highest BCUT2D eigenvalue weighted by Crippen LogP contribution is 2.30. The summed E-state index contributed by atoms with van der Waals surface area (Å²) in [5.74, 6) is 1.35. The molecular weight excluding hydrogens is 351 g/mol. The Morgan fingerprint density at radius 3 is 2.68 bits per heavy atom. The zero-order valence-corrected chi connectivity index (χ0v) is 15.5. The maximum atomic E-state index is 12.6. The first kappa shape index (κ1) is 20.0. The molecule has 1 aromatic rings. The van der Waals surface area contributed by atoms with Gasteiger partial charge in [-0.3, -0.25) is 0 Å². The highest BCUT2D eigenvalue weighted by molar-refractivity contribution is 7.09. The third kappa shape index (κ3) is 6.81. The van der Waals surface area contributed by atoms with Crippen molar-refractivity contribution in [2.24, 2.45) is 10.9 Å². The molecule has 1 fully saturated rings. The van der Waals surface area contributed by atoms with Gasteiger partial charge in [0.05, 0.1) is 6.54 Å². The van der Waals surface area contributed by atoms with Gasteiger partial charge in [-0.05, 0) is 52.2 Å². The Labute approximate surface area is 150 Å². The molecule has 1 saturated heterocycles. The number of piperidine rings is 1. The molecule has 5 nitrogen and oxygen atoms in total. The van der Waals surface area contributed by atoms with Gasteiger partial charge in [0, 0.05) is 18.5 Å². The fraction of sp³-hybridized carbons (Fsp3) is 0.750. The van der Waals surface area contributed by atoms with E-state index < -0.39 is 11.9 Å². The quantitative estimate of drug-likeness (QED) is 0.591. The Morgan fingerprint density at radius 2 is 2.08 bits per heavy atom. The number of hydrogen-bond donors (Lipinski definition) is 2. The number of thiazole rings is 1. The van der Waals surface area contributed by atoms with E-state index in [1.807, 2.05) is 6.92 Å². The van der Waals surface area contributed by atoms with Gasteiger partial charge < -0.3 is 15.5 Å². The first-order valence-corrected chi connectivity index (χ1v) is 9.48. The maximum Gasteiger partial charge on any atom is 0.434 e. The molecule has 0 radical (unpaired) electrons. The Kier molecular flexibility index (Phi) is 7.49. The lowest BCUT2D eigenvalue weighted by Gasteiger charge is -2.29. The van der Waals surface area contributed by atoms with Crippen LogP contribution in [0.25, 0.3) is 0 Å². The second-order valence-electron chi connectivity index (χ2n) is 6.28. The monoisotopic (exact) mass is 377 g/mol. The number of hydrogen-bond acceptors (Lipinski definition) is 4. The first-order chi connectivity index (χ1) is 11.9. The maximum absolute atomic E-state index is 12.6. The van der Waals surface area contributed by atoms with E-state index in [-0.39, 0.29) is 6.54 Å². The van der Waals surface area contributed by atoms with Crippen LogP contribution < -0.4 is 10.6 Å². The molecule has 0 aliphatic carbocycles. The number of aromatic nitrogens is 1. The van der Waals surface area contributed by atoms with Crippen molar-refractivity contribution >= 4 is 17.3 Å². The van der Waals surface area contributed by atoms with E-state index in [1.165, 1.54) is 12.8 Å². The van der Waals surface area contributed by atoms with Crippen LogP contribution in [0.5, 0.6) is 0 Å². The SMILES string of the molecule is CCNC(=NCc1nc(C(F)(F)F)cs1)NCCC1CCN(C)CC1. The molecule has 2 N–H and O–H groups in total. The molecule has 0 amide bonds. The summed E-state index contributed by atoms with van der Waals surface area (Å²) in [5.41, 5.74) is -0.845. The minimum Gasteiger partial charge on any atom is -0.357 e. The number of alkyl halides is 3. The number of nitrogens with one attached hydrogen (secondary N) is 2. The Bertz CT molecular complexity index is 550. The molecule has 0 unspecified atom stereocenters. The zero-order valence-electron chi connectivity index (χ0n) is 14.7. The highest BCUT2D eigenvalue weighted by Gasteiger charge is 2.33. The standard InChI is InChI=1S/C16H26F3N5S/c1-3-20-15(21-7-4-12-5-8-24(2)9-6-12)22-10-14-23-13(11-25-14)16(17,18)19/h11-12H,3-10H2,1-2H3,(H2,20,21,22). The summed E-state index contributed by atoms with van der Waals surface area (Å²) in [7, 11) is 2.15. The van der Waals surface area contributed by atoms with E-state index in [9.17, 15) is 13.2 Å². The van der Waals surface area contributed by atoms with Crippen LogP contribution in [0.3, 0.4) is 0 Å². The fourth-order valence-electron chi connectivity index (χ4n) is 2.75. The minimum absolute atomic E-state index is 0.143. The van der Waals surface area contributed by atoms with E-state index in [1.54, 1.807) is 0 Å². The average molecular weight is 377 g/mol. The van der Waals surface area contributed by atoms with Crippen molar-refractivity contribution in [2.75, 3.05) is 33.2 Å². The molecule has 0 aromatic carbocycles. The van der Waals surface area contributed by atoms with E-state index in [4.69, 9.17) is 0 Å². The van der Waals surface area contributed by atoms with Crippen LogP contribution in [0.15, 0.2) is 10.4 Å². The molecule has 9 heteroatoms. The average Bonchev–Trinajstić information content (AvgIpc) is 3.04. The number of rotatable bonds is 6. The van der Waals surface area contributed by atoms with E-state index in [0.29, 0.717) is 17.5 Å². The third-order valence-electron chi connectivity index (χ3n) is 4.24. The highest BCUT2D eigenvalue weighted by atomic mass is 32.1. The lowest BCUT2D eigenvalue weighted by atomic mass is 9.94. The van der Waals surface area contributed by atoms with Crippen LogP contribution in [0, 0.1) is 5.92 Å². The topological polar surface area (TPSA) is 52.6 Å². The van der Waals surface area contributed by atoms with Gasteiger partial charge in [0.15, 0.2) is 11.7 Å². The van der Waals surface area contributed by atoms with Gasteiger partial charge in [-0.15, -0.1) is 11.3 Å². The normalized spacial score (nSPS) is 17.7. The fourth-order valence-corrected chi connectivity index (χ4v) is 3.47. The number of guanidine groups is 1. The summed E-state index contributed by atoms with van der Waals surface area (Å²) >= 11 is 0.985. The van der Waals surface area contributed by atoms with Crippen LogP contribution in [-0.2, 0) is 12.7 Å². The molecule has 1 aliphatic rings. The molecule has 142 valence electrons. The molecule has 1 aromatic heterocycles. The predicted molar refractivity (Wildman–Crippen MR) is 94.8 cm³/mol. The molecule has 2 rings (SSSR count). The molecular formula is C16H26F3N5S. The summed E-state index contributed by atoms with van der Waals surface area (Å²) in [4.78, 5) is 10.3. The van der Waals surface area contributed by atoms with Crippen LogP contribution >= 0.6 is 11.3 Å². The number of nitrogens with zero attached hydrogens (tertiary/aromatic N) is 3. The van der Waals surface area contributed by atoms with Crippen LogP contribution in [0.1, 0.15) is 36.9 Å². The third-order valence-corrected chi connectivity index (χ3v) is 5.08. The molecule has 0 spiro atoms. The summed E-state index contributed by atoms with van der Waals surface area (Å²) in [6.07, 6.45) is -0.889. The van der Waals surface area contributed by atoms with Gasteiger partial charge in [-0.25, -0.2) is 9.98 Å². The van der Waals surface area contributed by atoms with Gasteiger partial charge in [0.1, 0.15) is 5.01 Å². The predicted octanol–water partition coefficient (Wildman–Crippen LogP) is 2.95. The Balaban J connectivity index is 1.80. The van der Waals surface area contributed by atoms with Crippen molar-refractivity contribution in [1.82, 2.24) is 20.5 Å². The summed E-state index contributed by atoms with van der Waals surface area (Å²) < 4.78 is 37.7. The van der Waals surface area contributed by atoms with Crippen LogP contribution in [0.2, 0.25) is 0 Å². The van der Waals surface area contributed by atoms with Gasteiger partial charge in [0.25, 0.3) is 0 Å². The zero-order chi connectivity index (χ0) is 18.3. The van der Waals surface area contributed by atoms with Crippen molar-refractivity contribution in [3.8, 4) is 0 Å². The Morgan fingerprint density at radius 1 is 1.36 bits per heavy atom. The molecule has 0 bridgehead atoms. The molecule has 1 aliphatic heterocycles. The lowest BCUT2D eigenvalue weighted by molar-refractivity contribution is -0.140. The van der Waals surface area contributed by atoms with Crippen molar-refractivity contribution in [2.45, 2.75) is 38.9 Å². The van der Waals surface area contributed by atoms with Gasteiger partial charge in [-0.2, -0.15) is 13.2 Å². The van der Waals surface area contributed by atoms with Crippen molar-refractivity contribution in [1.29, 1.82) is 0 Å². The summed E-state index contributed by atoms with van der Waals surface area (Å²) in [5, 5.41) is 7.78. The van der Waals surface area contributed by atoms with Crippen LogP contribution in [-0.4, -0.2) is 49.1 Å². The number of halogens is 3.